The number of hydrogen-bond donors (Lipinski definition) is 0. The number of aryl methyl sites for hydroxylation is 1. The second kappa shape index (κ2) is 14.0. The Kier molecular flexibility index (Phi) is 9.25. The average Bonchev–Trinajstić information content (AvgIpc) is 3.52. The van der Waals surface area contributed by atoms with Crippen LogP contribution in [0.3, 0.4) is 0 Å². The maximum absolute atomic E-state index is 4.63. The van der Waals surface area contributed by atoms with Crippen LogP contribution >= 0.6 is 0 Å². The molecule has 0 N–H and O–H groups in total. The van der Waals surface area contributed by atoms with Crippen LogP contribution in [0, 0.1) is 0 Å². The smallest absolute Gasteiger partial charge is 0.173 e. The first-order valence-corrected chi connectivity index (χ1v) is 14.9. The summed E-state index contributed by atoms with van der Waals surface area (Å²) >= 11 is 0. The van der Waals surface area contributed by atoms with Crippen molar-refractivity contribution in [2.75, 3.05) is 32.7 Å². The minimum atomic E-state index is 0.00936. The number of piperazine rings is 1. The first-order chi connectivity index (χ1) is 20.8. The Morgan fingerprint density at radius 1 is 0.643 bits per heavy atom. The molecule has 0 saturated carbocycles. The molecule has 0 amide bonds. The second-order valence-electron chi connectivity index (χ2n) is 10.9. The Morgan fingerprint density at radius 3 is 1.79 bits per heavy atom. The van der Waals surface area contributed by atoms with Gasteiger partial charge >= 0.3 is 0 Å². The number of tetrazole rings is 1. The van der Waals surface area contributed by atoms with E-state index < -0.39 is 0 Å². The van der Waals surface area contributed by atoms with Gasteiger partial charge in [0, 0.05) is 45.2 Å². The molecule has 0 radical (unpaired) electrons. The van der Waals surface area contributed by atoms with Crippen molar-refractivity contribution < 1.29 is 0 Å². The normalized spacial score (nSPS) is 15.4. The SMILES string of the molecule is C(=Cc1ccccc1)CN1CCN(C(c2ccccc2)c2nnnn2CCC(c2ccccc2)c2ccccc2)CC1. The lowest BCUT2D eigenvalue weighted by atomic mass is 9.88. The van der Waals surface area contributed by atoms with Gasteiger partial charge in [-0.3, -0.25) is 9.80 Å². The molecule has 0 spiro atoms. The monoisotopic (exact) mass is 554 g/mol. The van der Waals surface area contributed by atoms with E-state index in [4.69, 9.17) is 0 Å². The molecule has 1 aromatic heterocycles. The molecule has 1 aliphatic heterocycles. The highest BCUT2D eigenvalue weighted by Gasteiger charge is 2.30. The summed E-state index contributed by atoms with van der Waals surface area (Å²) in [5.74, 6) is 1.19. The standard InChI is InChI=1S/C36H38N6/c1-5-14-30(15-6-1)16-13-24-40-26-28-41(29-27-40)35(33-21-11-4-12-22-33)36-37-38-39-42(36)25-23-34(31-17-7-2-8-18-31)32-19-9-3-10-20-32/h1-22,34-35H,23-29H2. The molecule has 1 saturated heterocycles. The predicted octanol–water partition coefficient (Wildman–Crippen LogP) is 6.32. The number of rotatable bonds is 11. The van der Waals surface area contributed by atoms with E-state index in [0.717, 1.165) is 51.5 Å². The van der Waals surface area contributed by atoms with E-state index in [2.05, 4.69) is 159 Å². The summed E-state index contributed by atoms with van der Waals surface area (Å²) in [4.78, 5) is 5.06. The van der Waals surface area contributed by atoms with Gasteiger partial charge in [0.05, 0.1) is 6.04 Å². The topological polar surface area (TPSA) is 50.1 Å². The van der Waals surface area contributed by atoms with Gasteiger partial charge in [-0.15, -0.1) is 5.10 Å². The molecule has 6 heteroatoms. The van der Waals surface area contributed by atoms with Crippen LogP contribution in [0.25, 0.3) is 6.08 Å². The predicted molar refractivity (Wildman–Crippen MR) is 169 cm³/mol. The molecule has 212 valence electrons. The van der Waals surface area contributed by atoms with Crippen LogP contribution in [0.4, 0.5) is 0 Å². The van der Waals surface area contributed by atoms with Gasteiger partial charge in [-0.25, -0.2) is 4.68 Å². The van der Waals surface area contributed by atoms with Gasteiger partial charge in [0.15, 0.2) is 5.82 Å². The third kappa shape index (κ3) is 6.90. The molecule has 1 aliphatic rings. The minimum absolute atomic E-state index is 0.00936. The van der Waals surface area contributed by atoms with Gasteiger partial charge in [0.25, 0.3) is 0 Å². The lowest BCUT2D eigenvalue weighted by Gasteiger charge is -2.38. The molecule has 42 heavy (non-hydrogen) atoms. The maximum atomic E-state index is 4.63. The molecule has 1 atom stereocenters. The zero-order valence-corrected chi connectivity index (χ0v) is 24.0. The Morgan fingerprint density at radius 2 is 1.19 bits per heavy atom. The molecule has 6 rings (SSSR count). The molecule has 1 fully saturated rings. The first kappa shape index (κ1) is 27.8. The Labute approximate surface area is 248 Å². The van der Waals surface area contributed by atoms with Crippen LogP contribution < -0.4 is 0 Å². The van der Waals surface area contributed by atoms with Crippen LogP contribution in [-0.2, 0) is 6.54 Å². The van der Waals surface area contributed by atoms with E-state index in [-0.39, 0.29) is 12.0 Å². The van der Waals surface area contributed by atoms with Crippen molar-refractivity contribution >= 4 is 6.08 Å². The van der Waals surface area contributed by atoms with E-state index >= 15 is 0 Å². The summed E-state index contributed by atoms with van der Waals surface area (Å²) in [5.41, 5.74) is 5.10. The van der Waals surface area contributed by atoms with E-state index in [1.54, 1.807) is 0 Å². The quantitative estimate of drug-likeness (QED) is 0.191. The largest absolute Gasteiger partial charge is 0.297 e. The van der Waals surface area contributed by atoms with E-state index in [9.17, 15) is 0 Å². The van der Waals surface area contributed by atoms with Gasteiger partial charge in [0.1, 0.15) is 0 Å². The Bertz CT molecular complexity index is 1470. The molecule has 6 nitrogen and oxygen atoms in total. The fourth-order valence-corrected chi connectivity index (χ4v) is 5.98. The van der Waals surface area contributed by atoms with E-state index in [1.165, 1.54) is 22.3 Å². The molecule has 1 unspecified atom stereocenters. The summed E-state index contributed by atoms with van der Waals surface area (Å²) < 4.78 is 2.03. The summed E-state index contributed by atoms with van der Waals surface area (Å²) in [6.45, 7) is 5.63. The number of benzene rings is 4. The lowest BCUT2D eigenvalue weighted by molar-refractivity contribution is 0.112. The van der Waals surface area contributed by atoms with Gasteiger partial charge < -0.3 is 0 Å². The molecule has 4 aromatic carbocycles. The van der Waals surface area contributed by atoms with Crippen LogP contribution in [0.15, 0.2) is 127 Å². The summed E-state index contributed by atoms with van der Waals surface area (Å²) in [6.07, 6.45) is 5.40. The third-order valence-corrected chi connectivity index (χ3v) is 8.20. The van der Waals surface area contributed by atoms with Crippen molar-refractivity contribution in [2.45, 2.75) is 24.9 Å². The minimum Gasteiger partial charge on any atom is -0.297 e. The Hall–Kier alpha value is -4.39. The highest BCUT2D eigenvalue weighted by atomic mass is 15.6. The van der Waals surface area contributed by atoms with Crippen molar-refractivity contribution in [3.05, 3.63) is 155 Å². The van der Waals surface area contributed by atoms with Crippen molar-refractivity contribution in [1.82, 2.24) is 30.0 Å². The van der Waals surface area contributed by atoms with Crippen LogP contribution in [0.5, 0.6) is 0 Å². The van der Waals surface area contributed by atoms with Crippen LogP contribution in [0.2, 0.25) is 0 Å². The zero-order valence-electron chi connectivity index (χ0n) is 24.0. The molecule has 0 aliphatic carbocycles. The fraction of sp³-hybridized carbons (Fsp3) is 0.250. The summed E-state index contributed by atoms with van der Waals surface area (Å²) in [5, 5.41) is 13.3. The van der Waals surface area contributed by atoms with Gasteiger partial charge in [0.2, 0.25) is 0 Å². The maximum Gasteiger partial charge on any atom is 0.173 e. The molecule has 2 heterocycles. The van der Waals surface area contributed by atoms with Crippen molar-refractivity contribution in [3.8, 4) is 0 Å². The zero-order chi connectivity index (χ0) is 28.4. The number of aromatic nitrogens is 4. The lowest BCUT2D eigenvalue weighted by Crippen LogP contribution is -2.48. The highest BCUT2D eigenvalue weighted by molar-refractivity contribution is 5.48. The van der Waals surface area contributed by atoms with Gasteiger partial charge in [-0.05, 0) is 39.1 Å². The second-order valence-corrected chi connectivity index (χ2v) is 10.9. The van der Waals surface area contributed by atoms with Gasteiger partial charge in [-0.2, -0.15) is 0 Å². The first-order valence-electron chi connectivity index (χ1n) is 14.9. The molecular formula is C36H38N6. The molecule has 5 aromatic rings. The number of hydrogen-bond acceptors (Lipinski definition) is 5. The van der Waals surface area contributed by atoms with Crippen molar-refractivity contribution in [2.24, 2.45) is 0 Å². The molecular weight excluding hydrogens is 516 g/mol. The van der Waals surface area contributed by atoms with Gasteiger partial charge in [-0.1, -0.05) is 133 Å². The third-order valence-electron chi connectivity index (χ3n) is 8.20. The van der Waals surface area contributed by atoms with Crippen LogP contribution in [0.1, 0.15) is 46.5 Å². The van der Waals surface area contributed by atoms with Crippen molar-refractivity contribution in [1.29, 1.82) is 0 Å². The van der Waals surface area contributed by atoms with Crippen molar-refractivity contribution in [3.63, 3.8) is 0 Å². The van der Waals surface area contributed by atoms with E-state index in [1.807, 2.05) is 4.68 Å². The number of nitrogens with zero attached hydrogens (tertiary/aromatic N) is 6. The molecule has 0 bridgehead atoms. The Balaban J connectivity index is 1.18. The summed E-state index contributed by atoms with van der Waals surface area (Å²) in [6, 6.07) is 42.8. The average molecular weight is 555 g/mol. The van der Waals surface area contributed by atoms with E-state index in [0.29, 0.717) is 0 Å². The fourth-order valence-electron chi connectivity index (χ4n) is 5.98. The van der Waals surface area contributed by atoms with Crippen LogP contribution in [-0.4, -0.2) is 62.7 Å². The summed E-state index contributed by atoms with van der Waals surface area (Å²) in [7, 11) is 0. The highest BCUT2D eigenvalue weighted by Crippen LogP contribution is 2.31.